The molecule has 2 atom stereocenters. The molecule has 1 aliphatic rings. The Morgan fingerprint density at radius 1 is 1.44 bits per heavy atom. The fourth-order valence-electron chi connectivity index (χ4n) is 2.34. The molecule has 1 saturated heterocycles. The lowest BCUT2D eigenvalue weighted by Crippen LogP contribution is -2.53. The molecule has 1 aromatic heterocycles. The van der Waals surface area contributed by atoms with Crippen LogP contribution in [0, 0.1) is 0 Å². The summed E-state index contributed by atoms with van der Waals surface area (Å²) in [4.78, 5) is 6.44. The molecule has 1 fully saturated rings. The largest absolute Gasteiger partial charge is 0.309 e. The fraction of sp³-hybridized carbons (Fsp3) is 0.583. The minimum Gasteiger partial charge on any atom is -0.309 e. The maximum atomic E-state index is 6.11. The fourth-order valence-corrected chi connectivity index (χ4v) is 2.52. The highest BCUT2D eigenvalue weighted by atomic mass is 35.5. The molecule has 88 valence electrons. The minimum atomic E-state index is 0.546. The van der Waals surface area contributed by atoms with Crippen LogP contribution in [-0.4, -0.2) is 35.1 Å². The zero-order valence-electron chi connectivity index (χ0n) is 9.78. The van der Waals surface area contributed by atoms with E-state index in [2.05, 4.69) is 29.0 Å². The molecule has 0 aromatic carbocycles. The van der Waals surface area contributed by atoms with E-state index in [-0.39, 0.29) is 0 Å². The van der Waals surface area contributed by atoms with Crippen LogP contribution in [0.4, 0.5) is 0 Å². The first-order chi connectivity index (χ1) is 7.65. The molecule has 0 amide bonds. The summed E-state index contributed by atoms with van der Waals surface area (Å²) in [6, 6.07) is 3.09. The first kappa shape index (κ1) is 11.8. The molecule has 16 heavy (non-hydrogen) atoms. The van der Waals surface area contributed by atoms with Crippen molar-refractivity contribution in [1.82, 2.24) is 15.2 Å². The van der Waals surface area contributed by atoms with Gasteiger partial charge in [0.2, 0.25) is 0 Å². The van der Waals surface area contributed by atoms with E-state index in [1.54, 1.807) is 12.4 Å². The third-order valence-electron chi connectivity index (χ3n) is 2.88. The van der Waals surface area contributed by atoms with Gasteiger partial charge < -0.3 is 5.32 Å². The molecule has 0 spiro atoms. The molecule has 2 unspecified atom stereocenters. The molecular formula is C12H18ClN3. The highest BCUT2D eigenvalue weighted by Crippen LogP contribution is 2.17. The van der Waals surface area contributed by atoms with Crippen LogP contribution in [0.1, 0.15) is 19.4 Å². The van der Waals surface area contributed by atoms with Gasteiger partial charge >= 0.3 is 0 Å². The Morgan fingerprint density at radius 2 is 2.12 bits per heavy atom. The Bertz CT molecular complexity index is 346. The second-order valence-corrected chi connectivity index (χ2v) is 5.04. The molecule has 2 rings (SSSR count). The number of aromatic nitrogens is 1. The first-order valence-corrected chi connectivity index (χ1v) is 6.09. The summed E-state index contributed by atoms with van der Waals surface area (Å²) < 4.78 is 0. The van der Waals surface area contributed by atoms with Gasteiger partial charge in [0.25, 0.3) is 0 Å². The third-order valence-corrected chi connectivity index (χ3v) is 3.22. The predicted molar refractivity (Wildman–Crippen MR) is 66.6 cm³/mol. The van der Waals surface area contributed by atoms with E-state index in [4.69, 9.17) is 11.6 Å². The number of halogens is 1. The lowest BCUT2D eigenvalue weighted by atomic mass is 10.1. The quantitative estimate of drug-likeness (QED) is 0.855. The molecule has 3 nitrogen and oxygen atoms in total. The summed E-state index contributed by atoms with van der Waals surface area (Å²) in [7, 11) is 0. The van der Waals surface area contributed by atoms with Gasteiger partial charge in [-0.15, -0.1) is 0 Å². The zero-order chi connectivity index (χ0) is 11.5. The predicted octanol–water partition coefficient (Wildman–Crippen LogP) is 1.92. The van der Waals surface area contributed by atoms with Crippen LogP contribution in [-0.2, 0) is 6.54 Å². The SMILES string of the molecule is CC1CN(Cc2ccncc2Cl)CC(C)N1. The van der Waals surface area contributed by atoms with Gasteiger partial charge in [-0.2, -0.15) is 0 Å². The van der Waals surface area contributed by atoms with E-state index < -0.39 is 0 Å². The van der Waals surface area contributed by atoms with E-state index in [9.17, 15) is 0 Å². The maximum Gasteiger partial charge on any atom is 0.0634 e. The van der Waals surface area contributed by atoms with Gasteiger partial charge in [-0.25, -0.2) is 0 Å². The van der Waals surface area contributed by atoms with Crippen molar-refractivity contribution < 1.29 is 0 Å². The van der Waals surface area contributed by atoms with Gasteiger partial charge in [0.1, 0.15) is 0 Å². The van der Waals surface area contributed by atoms with Crippen LogP contribution < -0.4 is 5.32 Å². The summed E-state index contributed by atoms with van der Waals surface area (Å²) in [5.74, 6) is 0. The first-order valence-electron chi connectivity index (χ1n) is 5.72. The van der Waals surface area contributed by atoms with E-state index in [1.165, 1.54) is 0 Å². The van der Waals surface area contributed by atoms with Gasteiger partial charge in [0.05, 0.1) is 5.02 Å². The average Bonchev–Trinajstić information content (AvgIpc) is 2.20. The number of nitrogens with one attached hydrogen (secondary N) is 1. The monoisotopic (exact) mass is 239 g/mol. The van der Waals surface area contributed by atoms with Crippen molar-refractivity contribution in [3.63, 3.8) is 0 Å². The second kappa shape index (κ2) is 5.13. The maximum absolute atomic E-state index is 6.11. The second-order valence-electron chi connectivity index (χ2n) is 4.63. The molecular weight excluding hydrogens is 222 g/mol. The Balaban J connectivity index is 2.02. The van der Waals surface area contributed by atoms with E-state index in [0.29, 0.717) is 12.1 Å². The normalized spacial score (nSPS) is 26.9. The molecule has 2 heterocycles. The van der Waals surface area contributed by atoms with Crippen LogP contribution in [0.5, 0.6) is 0 Å². The third kappa shape index (κ3) is 2.94. The molecule has 1 aliphatic heterocycles. The van der Waals surface area contributed by atoms with Gasteiger partial charge in [0.15, 0.2) is 0 Å². The summed E-state index contributed by atoms with van der Waals surface area (Å²) in [6.07, 6.45) is 3.52. The molecule has 4 heteroatoms. The highest BCUT2D eigenvalue weighted by Gasteiger charge is 2.21. The van der Waals surface area contributed by atoms with Crippen molar-refractivity contribution >= 4 is 11.6 Å². The smallest absolute Gasteiger partial charge is 0.0634 e. The topological polar surface area (TPSA) is 28.2 Å². The van der Waals surface area contributed by atoms with Crippen molar-refractivity contribution in [1.29, 1.82) is 0 Å². The minimum absolute atomic E-state index is 0.546. The molecule has 0 bridgehead atoms. The van der Waals surface area contributed by atoms with Crippen LogP contribution >= 0.6 is 11.6 Å². The zero-order valence-corrected chi connectivity index (χ0v) is 10.5. The lowest BCUT2D eigenvalue weighted by Gasteiger charge is -2.36. The van der Waals surface area contributed by atoms with Crippen LogP contribution in [0.15, 0.2) is 18.5 Å². The van der Waals surface area contributed by atoms with Gasteiger partial charge in [-0.3, -0.25) is 9.88 Å². The number of pyridine rings is 1. The van der Waals surface area contributed by atoms with Crippen molar-refractivity contribution in [3.05, 3.63) is 29.0 Å². The number of piperazine rings is 1. The Hall–Kier alpha value is -0.640. The van der Waals surface area contributed by atoms with Crippen molar-refractivity contribution in [3.8, 4) is 0 Å². The van der Waals surface area contributed by atoms with Gasteiger partial charge in [-0.1, -0.05) is 11.6 Å². The van der Waals surface area contributed by atoms with Crippen LogP contribution in [0.3, 0.4) is 0 Å². The number of hydrogen-bond donors (Lipinski definition) is 1. The molecule has 1 N–H and O–H groups in total. The number of hydrogen-bond acceptors (Lipinski definition) is 3. The van der Waals surface area contributed by atoms with Gasteiger partial charge in [0, 0.05) is 44.1 Å². The summed E-state index contributed by atoms with van der Waals surface area (Å²) >= 11 is 6.11. The Labute approximate surface area is 102 Å². The molecule has 0 aliphatic carbocycles. The average molecular weight is 240 g/mol. The molecule has 0 radical (unpaired) electrons. The van der Waals surface area contributed by atoms with Crippen molar-refractivity contribution in [2.24, 2.45) is 0 Å². The number of rotatable bonds is 2. The van der Waals surface area contributed by atoms with Crippen molar-refractivity contribution in [2.45, 2.75) is 32.5 Å². The summed E-state index contributed by atoms with van der Waals surface area (Å²) in [5, 5.41) is 4.29. The Morgan fingerprint density at radius 3 is 2.75 bits per heavy atom. The molecule has 0 saturated carbocycles. The van der Waals surface area contributed by atoms with E-state index >= 15 is 0 Å². The summed E-state index contributed by atoms with van der Waals surface area (Å²) in [5.41, 5.74) is 1.16. The Kier molecular flexibility index (Phi) is 3.79. The standard InChI is InChI=1S/C12H18ClN3/c1-9-6-16(7-10(2)15-9)8-11-3-4-14-5-12(11)13/h3-5,9-10,15H,6-8H2,1-2H3. The van der Waals surface area contributed by atoms with Crippen LogP contribution in [0.2, 0.25) is 5.02 Å². The number of nitrogens with zero attached hydrogens (tertiary/aromatic N) is 2. The van der Waals surface area contributed by atoms with E-state index in [0.717, 1.165) is 30.2 Å². The highest BCUT2D eigenvalue weighted by molar-refractivity contribution is 6.31. The van der Waals surface area contributed by atoms with E-state index in [1.807, 2.05) is 6.07 Å². The lowest BCUT2D eigenvalue weighted by molar-refractivity contribution is 0.166. The summed E-state index contributed by atoms with van der Waals surface area (Å²) in [6.45, 7) is 7.50. The van der Waals surface area contributed by atoms with Crippen molar-refractivity contribution in [2.75, 3.05) is 13.1 Å². The molecule has 1 aromatic rings. The van der Waals surface area contributed by atoms with Gasteiger partial charge in [-0.05, 0) is 25.5 Å². The van der Waals surface area contributed by atoms with Crippen LogP contribution in [0.25, 0.3) is 0 Å².